The molecular weight excluding hydrogens is 404 g/mol. The number of hydrogen-bond acceptors (Lipinski definition) is 4. The predicted molar refractivity (Wildman–Crippen MR) is 122 cm³/mol. The fraction of sp³-hybridized carbons (Fsp3) is 0.400. The van der Waals surface area contributed by atoms with Crippen molar-refractivity contribution in [3.8, 4) is 0 Å². The van der Waals surface area contributed by atoms with Gasteiger partial charge in [0.25, 0.3) is 0 Å². The van der Waals surface area contributed by atoms with Gasteiger partial charge in [-0.2, -0.15) is 0 Å². The Morgan fingerprint density at radius 2 is 1.78 bits per heavy atom. The molecule has 0 saturated carbocycles. The van der Waals surface area contributed by atoms with Crippen molar-refractivity contribution < 1.29 is 14.4 Å². The zero-order valence-corrected chi connectivity index (χ0v) is 18.0. The van der Waals surface area contributed by atoms with Gasteiger partial charge in [0, 0.05) is 25.4 Å². The molecule has 0 bridgehead atoms. The molecule has 166 valence electrons. The molecule has 32 heavy (non-hydrogen) atoms. The molecule has 0 radical (unpaired) electrons. The van der Waals surface area contributed by atoms with Gasteiger partial charge >= 0.3 is 0 Å². The highest BCUT2D eigenvalue weighted by Gasteiger charge is 2.49. The highest BCUT2D eigenvalue weighted by Crippen LogP contribution is 2.41. The molecule has 7 heteroatoms. The van der Waals surface area contributed by atoms with Gasteiger partial charge in [0.05, 0.1) is 23.5 Å². The van der Waals surface area contributed by atoms with Gasteiger partial charge in [-0.25, -0.2) is 0 Å². The lowest BCUT2D eigenvalue weighted by atomic mass is 9.79. The first-order chi connectivity index (χ1) is 15.5. The van der Waals surface area contributed by atoms with Crippen LogP contribution in [0.25, 0.3) is 0 Å². The molecule has 7 nitrogen and oxygen atoms in total. The molecule has 2 aromatic rings. The maximum Gasteiger partial charge on any atom is 0.244 e. The van der Waals surface area contributed by atoms with Crippen LogP contribution >= 0.6 is 0 Å². The Labute approximate surface area is 187 Å². The van der Waals surface area contributed by atoms with Crippen molar-refractivity contribution >= 4 is 29.1 Å². The van der Waals surface area contributed by atoms with Gasteiger partial charge in [-0.05, 0) is 30.5 Å². The first-order valence-electron chi connectivity index (χ1n) is 11.3. The molecule has 0 aromatic heterocycles. The molecule has 3 aliphatic heterocycles. The molecule has 3 aliphatic rings. The smallest absolute Gasteiger partial charge is 0.244 e. The van der Waals surface area contributed by atoms with Crippen LogP contribution in [0, 0.1) is 0 Å². The fourth-order valence-corrected chi connectivity index (χ4v) is 5.48. The minimum atomic E-state index is -0.369. The molecule has 3 amide bonds. The van der Waals surface area contributed by atoms with Gasteiger partial charge < -0.3 is 10.6 Å². The summed E-state index contributed by atoms with van der Waals surface area (Å²) in [5.41, 5.74) is 2.21. The average Bonchev–Trinajstić information content (AvgIpc) is 3.02. The summed E-state index contributed by atoms with van der Waals surface area (Å²) in [5, 5.41) is 6.17. The Bertz CT molecular complexity index is 1040. The number of rotatable bonds is 3. The summed E-state index contributed by atoms with van der Waals surface area (Å²) >= 11 is 0. The topological polar surface area (TPSA) is 81.8 Å². The Morgan fingerprint density at radius 1 is 1.00 bits per heavy atom. The predicted octanol–water partition coefficient (Wildman–Crippen LogP) is 2.50. The first-order valence-corrected chi connectivity index (χ1v) is 11.3. The summed E-state index contributed by atoms with van der Waals surface area (Å²) in [6, 6.07) is 17.7. The van der Waals surface area contributed by atoms with Crippen molar-refractivity contribution in [1.82, 2.24) is 10.2 Å². The molecule has 1 spiro atoms. The van der Waals surface area contributed by atoms with Crippen molar-refractivity contribution in [2.24, 2.45) is 0 Å². The number of benzene rings is 2. The lowest BCUT2D eigenvalue weighted by molar-refractivity contribution is -0.123. The van der Waals surface area contributed by atoms with Gasteiger partial charge in [-0.3, -0.25) is 24.2 Å². The molecular formula is C25H28N4O3. The second-order valence-corrected chi connectivity index (χ2v) is 9.09. The standard InChI is InChI=1S/C25H28N4O3/c30-22-12-6-7-13-25(27-22)17-28(14-19(25)18-8-2-1-3-9-18)16-24(32)29-15-23(31)26-20-10-4-5-11-21(20)29/h1-5,8-11,19H,6-7,12-17H2,(H,26,31)(H,27,30)/t19-,25+/m0/s1. The van der Waals surface area contributed by atoms with Gasteiger partial charge in [0.2, 0.25) is 17.7 Å². The minimum Gasteiger partial charge on any atom is -0.349 e. The average molecular weight is 433 g/mol. The van der Waals surface area contributed by atoms with Crippen LogP contribution < -0.4 is 15.5 Å². The molecule has 2 saturated heterocycles. The van der Waals surface area contributed by atoms with Gasteiger partial charge in [-0.1, -0.05) is 48.9 Å². The number of fused-ring (bicyclic) bond motifs is 1. The van der Waals surface area contributed by atoms with E-state index in [9.17, 15) is 14.4 Å². The number of amides is 3. The van der Waals surface area contributed by atoms with Crippen molar-refractivity contribution in [3.63, 3.8) is 0 Å². The normalized spacial score (nSPS) is 25.8. The van der Waals surface area contributed by atoms with Crippen LogP contribution in [-0.2, 0) is 14.4 Å². The summed E-state index contributed by atoms with van der Waals surface area (Å²) in [6.45, 7) is 1.56. The largest absolute Gasteiger partial charge is 0.349 e. The molecule has 3 heterocycles. The van der Waals surface area contributed by atoms with Crippen LogP contribution in [0.1, 0.15) is 37.2 Å². The third-order valence-corrected chi connectivity index (χ3v) is 6.91. The van der Waals surface area contributed by atoms with Gasteiger partial charge in [0.15, 0.2) is 0 Å². The highest BCUT2D eigenvalue weighted by molar-refractivity contribution is 6.10. The molecule has 0 aliphatic carbocycles. The van der Waals surface area contributed by atoms with Crippen LogP contribution in [0.4, 0.5) is 11.4 Å². The minimum absolute atomic E-state index is 0.0215. The first kappa shape index (κ1) is 20.7. The van der Waals surface area contributed by atoms with E-state index >= 15 is 0 Å². The van der Waals surface area contributed by atoms with Crippen molar-refractivity contribution in [2.45, 2.75) is 37.1 Å². The highest BCUT2D eigenvalue weighted by atomic mass is 16.2. The quantitative estimate of drug-likeness (QED) is 0.781. The summed E-state index contributed by atoms with van der Waals surface area (Å²) in [4.78, 5) is 41.7. The van der Waals surface area contributed by atoms with E-state index in [1.807, 2.05) is 42.5 Å². The fourth-order valence-electron chi connectivity index (χ4n) is 5.48. The van der Waals surface area contributed by atoms with Crippen molar-refractivity contribution in [1.29, 1.82) is 0 Å². The van der Waals surface area contributed by atoms with Gasteiger partial charge in [-0.15, -0.1) is 0 Å². The number of para-hydroxylation sites is 2. The Balaban J connectivity index is 1.40. The molecule has 2 fully saturated rings. The number of hydrogen-bond donors (Lipinski definition) is 2. The number of nitrogens with one attached hydrogen (secondary N) is 2. The van der Waals surface area contributed by atoms with E-state index < -0.39 is 0 Å². The second kappa shape index (κ2) is 8.39. The summed E-state index contributed by atoms with van der Waals surface area (Å²) < 4.78 is 0. The Hall–Kier alpha value is -3.19. The molecule has 2 N–H and O–H groups in total. The zero-order valence-electron chi connectivity index (χ0n) is 18.0. The number of carbonyl (C=O) groups excluding carboxylic acids is 3. The van der Waals surface area contributed by atoms with Crippen LogP contribution in [0.3, 0.4) is 0 Å². The summed E-state index contributed by atoms with van der Waals surface area (Å²) in [5.74, 6) is -0.0713. The van der Waals surface area contributed by atoms with Crippen LogP contribution in [-0.4, -0.2) is 54.3 Å². The second-order valence-electron chi connectivity index (χ2n) is 9.09. The van der Waals surface area contributed by atoms with Crippen molar-refractivity contribution in [2.75, 3.05) is 36.4 Å². The summed E-state index contributed by atoms with van der Waals surface area (Å²) in [6.07, 6.45) is 3.34. The molecule has 2 aromatic carbocycles. The Morgan fingerprint density at radius 3 is 2.62 bits per heavy atom. The molecule has 0 unspecified atom stereocenters. The van der Waals surface area contributed by atoms with E-state index in [1.54, 1.807) is 4.90 Å². The maximum absolute atomic E-state index is 13.3. The van der Waals surface area contributed by atoms with Crippen LogP contribution in [0.5, 0.6) is 0 Å². The monoisotopic (exact) mass is 432 g/mol. The number of carbonyl (C=O) groups is 3. The van der Waals surface area contributed by atoms with Crippen molar-refractivity contribution in [3.05, 3.63) is 60.2 Å². The number of likely N-dealkylation sites (tertiary alicyclic amines) is 1. The van der Waals surface area contributed by atoms with E-state index in [0.29, 0.717) is 25.2 Å². The van der Waals surface area contributed by atoms with E-state index in [2.05, 4.69) is 27.7 Å². The maximum atomic E-state index is 13.3. The molecule has 2 atom stereocenters. The lowest BCUT2D eigenvalue weighted by Gasteiger charge is -2.35. The summed E-state index contributed by atoms with van der Waals surface area (Å²) in [7, 11) is 0. The number of anilines is 2. The zero-order chi connectivity index (χ0) is 22.1. The van der Waals surface area contributed by atoms with E-state index in [0.717, 1.165) is 24.9 Å². The SMILES string of the molecule is O=C1CN(C(=O)CN2C[C@@H](c3ccccc3)[C@@]3(CCCCC(=O)N3)C2)c2ccccc2N1. The third-order valence-electron chi connectivity index (χ3n) is 6.91. The lowest BCUT2D eigenvalue weighted by Crippen LogP contribution is -2.53. The van der Waals surface area contributed by atoms with E-state index in [1.165, 1.54) is 5.56 Å². The number of nitrogens with zero attached hydrogens (tertiary/aromatic N) is 2. The Kier molecular flexibility index (Phi) is 5.43. The van der Waals surface area contributed by atoms with E-state index in [-0.39, 0.29) is 42.3 Å². The van der Waals surface area contributed by atoms with E-state index in [4.69, 9.17) is 0 Å². The third kappa shape index (κ3) is 3.88. The van der Waals surface area contributed by atoms with Crippen LogP contribution in [0.15, 0.2) is 54.6 Å². The van der Waals surface area contributed by atoms with Gasteiger partial charge in [0.1, 0.15) is 6.54 Å². The van der Waals surface area contributed by atoms with Crippen LogP contribution in [0.2, 0.25) is 0 Å². The molecule has 5 rings (SSSR count).